The molecule has 1 aliphatic rings. The van der Waals surface area contributed by atoms with Crippen molar-refractivity contribution in [2.45, 2.75) is 52.7 Å². The first-order valence-electron chi connectivity index (χ1n) is 9.09. The van der Waals surface area contributed by atoms with Crippen LogP contribution in [-0.4, -0.2) is 53.2 Å². The summed E-state index contributed by atoms with van der Waals surface area (Å²) in [4.78, 5) is 7.29. The number of halogens is 1. The first-order valence-corrected chi connectivity index (χ1v) is 10.1. The first kappa shape index (κ1) is 22.6. The van der Waals surface area contributed by atoms with Crippen LogP contribution in [0, 0.1) is 19.8 Å². The molecule has 1 unspecified atom stereocenters. The highest BCUT2D eigenvalue weighted by atomic mass is 127. The summed E-state index contributed by atoms with van der Waals surface area (Å²) in [5, 5.41) is 8.19. The molecule has 2 heterocycles. The van der Waals surface area contributed by atoms with E-state index in [1.165, 1.54) is 11.3 Å². The Bertz CT molecular complexity index is 528. The molecule has 7 heteroatoms. The third kappa shape index (κ3) is 6.66. The molecule has 25 heavy (non-hydrogen) atoms. The number of nitrogens with one attached hydrogen (secondary N) is 1. The Balaban J connectivity index is 0.00000312. The minimum atomic E-state index is 0. The molecule has 1 aromatic rings. The molecule has 1 saturated heterocycles. The van der Waals surface area contributed by atoms with Crippen molar-refractivity contribution in [3.05, 3.63) is 17.0 Å². The van der Waals surface area contributed by atoms with Gasteiger partial charge in [-0.15, -0.1) is 24.0 Å². The van der Waals surface area contributed by atoms with E-state index in [1.807, 2.05) is 13.8 Å². The average Bonchev–Trinajstić information content (AvgIpc) is 2.89. The minimum Gasteiger partial charge on any atom is -0.361 e. The number of aliphatic imine (C=N–C) groups is 1. The Labute approximate surface area is 173 Å². The lowest BCUT2D eigenvalue weighted by Crippen LogP contribution is -2.49. The first-order chi connectivity index (χ1) is 11.5. The van der Waals surface area contributed by atoms with E-state index in [4.69, 9.17) is 9.52 Å². The van der Waals surface area contributed by atoms with E-state index in [2.05, 4.69) is 47.9 Å². The van der Waals surface area contributed by atoms with Crippen LogP contribution in [0.25, 0.3) is 0 Å². The third-order valence-electron chi connectivity index (χ3n) is 4.50. The number of nitrogens with zero attached hydrogens (tertiary/aromatic N) is 3. The molecule has 0 saturated carbocycles. The van der Waals surface area contributed by atoms with Crippen LogP contribution in [0.3, 0.4) is 0 Å². The summed E-state index contributed by atoms with van der Waals surface area (Å²) in [6.07, 6.45) is 2.00. The summed E-state index contributed by atoms with van der Waals surface area (Å²) in [5.74, 6) is 3.91. The zero-order chi connectivity index (χ0) is 17.5. The molecule has 144 valence electrons. The number of aromatic nitrogens is 1. The van der Waals surface area contributed by atoms with E-state index < -0.39 is 0 Å². The van der Waals surface area contributed by atoms with Crippen molar-refractivity contribution in [1.82, 2.24) is 15.4 Å². The molecule has 1 atom stereocenters. The topological polar surface area (TPSA) is 53.7 Å². The van der Waals surface area contributed by atoms with E-state index in [9.17, 15) is 0 Å². The van der Waals surface area contributed by atoms with Crippen molar-refractivity contribution in [2.75, 3.05) is 31.9 Å². The maximum absolute atomic E-state index is 5.23. The maximum Gasteiger partial charge on any atom is 0.193 e. The molecule has 0 aromatic carbocycles. The molecular weight excluding hydrogens is 447 g/mol. The van der Waals surface area contributed by atoms with Crippen molar-refractivity contribution in [2.24, 2.45) is 10.9 Å². The van der Waals surface area contributed by atoms with Crippen molar-refractivity contribution < 1.29 is 4.52 Å². The fourth-order valence-corrected chi connectivity index (χ4v) is 4.30. The molecule has 0 spiro atoms. The zero-order valence-electron chi connectivity index (χ0n) is 16.2. The smallest absolute Gasteiger partial charge is 0.193 e. The second-order valence-corrected chi connectivity index (χ2v) is 8.09. The van der Waals surface area contributed by atoms with Crippen LogP contribution in [0.2, 0.25) is 0 Å². The largest absolute Gasteiger partial charge is 0.361 e. The van der Waals surface area contributed by atoms with Crippen LogP contribution in [-0.2, 0) is 6.42 Å². The fraction of sp³-hybridized carbons (Fsp3) is 0.778. The Morgan fingerprint density at radius 1 is 1.44 bits per heavy atom. The summed E-state index contributed by atoms with van der Waals surface area (Å²) < 4.78 is 5.23. The Hall–Kier alpha value is -0.440. The van der Waals surface area contributed by atoms with Crippen molar-refractivity contribution in [3.63, 3.8) is 0 Å². The number of guanidine groups is 1. The van der Waals surface area contributed by atoms with Crippen molar-refractivity contribution in [1.29, 1.82) is 0 Å². The van der Waals surface area contributed by atoms with Crippen LogP contribution in [0.15, 0.2) is 9.52 Å². The quantitative estimate of drug-likeness (QED) is 0.290. The van der Waals surface area contributed by atoms with E-state index in [0.29, 0.717) is 11.2 Å². The third-order valence-corrected chi connectivity index (χ3v) is 6.04. The number of thioether (sulfide) groups is 1. The van der Waals surface area contributed by atoms with Crippen LogP contribution in [0.1, 0.15) is 44.2 Å². The number of aryl methyl sites for hydroxylation is 2. The lowest BCUT2D eigenvalue weighted by molar-refractivity contribution is 0.381. The molecule has 1 aliphatic heterocycles. The minimum absolute atomic E-state index is 0. The summed E-state index contributed by atoms with van der Waals surface area (Å²) in [6, 6.07) is 0. The molecule has 1 N–H and O–H groups in total. The van der Waals surface area contributed by atoms with Gasteiger partial charge in [0.25, 0.3) is 0 Å². The summed E-state index contributed by atoms with van der Waals surface area (Å²) in [6.45, 7) is 14.7. The number of hydrogen-bond acceptors (Lipinski definition) is 4. The SMILES string of the molecule is CCNC(=NCCCc1c(C)noc1C)N1CCSC(C(C)C)C1.I. The predicted molar refractivity (Wildman–Crippen MR) is 118 cm³/mol. The van der Waals surface area contributed by atoms with Gasteiger partial charge in [0.15, 0.2) is 5.96 Å². The van der Waals surface area contributed by atoms with Crippen LogP contribution in [0.4, 0.5) is 0 Å². The van der Waals surface area contributed by atoms with Gasteiger partial charge in [-0.05, 0) is 39.5 Å². The van der Waals surface area contributed by atoms with Gasteiger partial charge in [0.05, 0.1) is 5.69 Å². The molecule has 1 fully saturated rings. The Morgan fingerprint density at radius 3 is 2.80 bits per heavy atom. The molecule has 0 radical (unpaired) electrons. The lowest BCUT2D eigenvalue weighted by Gasteiger charge is -2.36. The summed E-state index contributed by atoms with van der Waals surface area (Å²) in [5.41, 5.74) is 2.25. The van der Waals surface area contributed by atoms with Gasteiger partial charge >= 0.3 is 0 Å². The van der Waals surface area contributed by atoms with Crippen LogP contribution < -0.4 is 5.32 Å². The lowest BCUT2D eigenvalue weighted by atomic mass is 10.1. The Kier molecular flexibility index (Phi) is 10.2. The van der Waals surface area contributed by atoms with E-state index in [-0.39, 0.29) is 24.0 Å². The van der Waals surface area contributed by atoms with Gasteiger partial charge in [-0.25, -0.2) is 0 Å². The number of hydrogen-bond donors (Lipinski definition) is 1. The van der Waals surface area contributed by atoms with Gasteiger partial charge in [0, 0.05) is 42.7 Å². The molecule has 0 amide bonds. The second-order valence-electron chi connectivity index (χ2n) is 6.74. The highest BCUT2D eigenvalue weighted by Gasteiger charge is 2.24. The fourth-order valence-electron chi connectivity index (χ4n) is 3.00. The van der Waals surface area contributed by atoms with E-state index >= 15 is 0 Å². The monoisotopic (exact) mass is 480 g/mol. The summed E-state index contributed by atoms with van der Waals surface area (Å²) >= 11 is 2.10. The van der Waals surface area contributed by atoms with Crippen LogP contribution in [0.5, 0.6) is 0 Å². The molecular formula is C18H33IN4OS. The van der Waals surface area contributed by atoms with Gasteiger partial charge in [0.2, 0.25) is 0 Å². The Morgan fingerprint density at radius 2 is 2.20 bits per heavy atom. The summed E-state index contributed by atoms with van der Waals surface area (Å²) in [7, 11) is 0. The molecule has 1 aromatic heterocycles. The van der Waals surface area contributed by atoms with Gasteiger partial charge < -0.3 is 14.7 Å². The highest BCUT2D eigenvalue weighted by molar-refractivity contribution is 14.0. The van der Waals surface area contributed by atoms with Gasteiger partial charge in [0.1, 0.15) is 5.76 Å². The zero-order valence-corrected chi connectivity index (χ0v) is 19.3. The second kappa shape index (κ2) is 11.3. The van der Waals surface area contributed by atoms with E-state index in [0.717, 1.165) is 56.4 Å². The highest BCUT2D eigenvalue weighted by Crippen LogP contribution is 2.24. The van der Waals surface area contributed by atoms with Gasteiger partial charge in [-0.3, -0.25) is 4.99 Å². The molecule has 0 aliphatic carbocycles. The average molecular weight is 480 g/mol. The molecule has 5 nitrogen and oxygen atoms in total. The number of rotatable bonds is 6. The van der Waals surface area contributed by atoms with E-state index in [1.54, 1.807) is 0 Å². The van der Waals surface area contributed by atoms with Crippen LogP contribution >= 0.6 is 35.7 Å². The predicted octanol–water partition coefficient (Wildman–Crippen LogP) is 3.88. The maximum atomic E-state index is 5.23. The molecule has 2 rings (SSSR count). The standard InChI is InChI=1S/C18H32N4OS.HI/c1-6-19-18(22-10-11-24-17(12-22)13(2)3)20-9-7-8-16-14(4)21-23-15(16)5;/h13,17H,6-12H2,1-5H3,(H,19,20);1H. The molecule has 0 bridgehead atoms. The van der Waals surface area contributed by atoms with Crippen molar-refractivity contribution in [3.8, 4) is 0 Å². The normalized spacial score (nSPS) is 18.4. The van der Waals surface area contributed by atoms with Gasteiger partial charge in [-0.2, -0.15) is 11.8 Å². The van der Waals surface area contributed by atoms with Gasteiger partial charge in [-0.1, -0.05) is 19.0 Å². The van der Waals surface area contributed by atoms with Crippen molar-refractivity contribution >= 4 is 41.7 Å².